The summed E-state index contributed by atoms with van der Waals surface area (Å²) in [5, 5.41) is 11.0. The van der Waals surface area contributed by atoms with Crippen LogP contribution in [0.2, 0.25) is 0 Å². The van der Waals surface area contributed by atoms with Crippen LogP contribution in [-0.4, -0.2) is 17.0 Å². The number of aliphatic hydroxyl groups is 1. The molecule has 0 unspecified atom stereocenters. The van der Waals surface area contributed by atoms with Gasteiger partial charge in [-0.1, -0.05) is 39.3 Å². The van der Waals surface area contributed by atoms with Crippen LogP contribution in [0.15, 0.2) is 23.8 Å². The highest BCUT2D eigenvalue weighted by Crippen LogP contribution is 2.62. The van der Waals surface area contributed by atoms with Crippen molar-refractivity contribution in [2.45, 2.75) is 72.3 Å². The van der Waals surface area contributed by atoms with Gasteiger partial charge in [0.25, 0.3) is 0 Å². The molecule has 2 heteroatoms. The van der Waals surface area contributed by atoms with Gasteiger partial charge in [-0.15, -0.1) is 0 Å². The molecular weight excluding hydrogens is 272 g/mol. The molecule has 0 aromatic heterocycles. The molecular formula is C20H32O2. The summed E-state index contributed by atoms with van der Waals surface area (Å²) in [6.07, 6.45) is 12.3. The lowest BCUT2D eigenvalue weighted by atomic mass is 9.45. The zero-order valence-corrected chi connectivity index (χ0v) is 14.9. The van der Waals surface area contributed by atoms with Crippen LogP contribution < -0.4 is 0 Å². The molecule has 124 valence electrons. The summed E-state index contributed by atoms with van der Waals surface area (Å²) in [7, 11) is 0. The largest absolute Gasteiger partial charge is 0.390 e. The van der Waals surface area contributed by atoms with Crippen molar-refractivity contribution in [1.82, 2.24) is 0 Å². The minimum Gasteiger partial charge on any atom is -0.390 e. The maximum absolute atomic E-state index is 11.0. The van der Waals surface area contributed by atoms with E-state index in [9.17, 15) is 9.90 Å². The maximum Gasteiger partial charge on any atom is 0.143 e. The lowest BCUT2D eigenvalue weighted by Gasteiger charge is -2.60. The Balaban J connectivity index is 2.38. The molecule has 22 heavy (non-hydrogen) atoms. The summed E-state index contributed by atoms with van der Waals surface area (Å²) in [6, 6.07) is 0. The van der Waals surface area contributed by atoms with Crippen LogP contribution >= 0.6 is 0 Å². The Morgan fingerprint density at radius 1 is 1.14 bits per heavy atom. The third-order valence-corrected chi connectivity index (χ3v) is 6.48. The third-order valence-electron chi connectivity index (χ3n) is 6.48. The van der Waals surface area contributed by atoms with E-state index < -0.39 is 5.60 Å². The van der Waals surface area contributed by atoms with Crippen LogP contribution in [0.5, 0.6) is 0 Å². The van der Waals surface area contributed by atoms with Gasteiger partial charge in [-0.2, -0.15) is 0 Å². The average molecular weight is 304 g/mol. The lowest BCUT2D eigenvalue weighted by molar-refractivity contribution is -0.149. The molecule has 0 saturated heterocycles. The Kier molecular flexibility index (Phi) is 4.73. The molecule has 0 heterocycles. The summed E-state index contributed by atoms with van der Waals surface area (Å²) in [6.45, 7) is 11.1. The highest BCUT2D eigenvalue weighted by atomic mass is 16.3. The maximum atomic E-state index is 11.0. The van der Waals surface area contributed by atoms with Gasteiger partial charge in [-0.25, -0.2) is 0 Å². The fourth-order valence-electron chi connectivity index (χ4n) is 5.40. The summed E-state index contributed by atoms with van der Waals surface area (Å²) in [5.41, 5.74) is 0.785. The standard InChI is InChI=1S/C20H32O2/c1-15(10-14-21)7-8-17-19(4)12-6-11-18(2,3)16(19)9-13-20(17,5)22/h7-8,10,14,16-17,22H,6,9,11-13H2,1-5H3/b8-7+,15-10+/t16-,17+,19-,20+/m0/s1. The third kappa shape index (κ3) is 3.08. The van der Waals surface area contributed by atoms with Crippen LogP contribution in [0.25, 0.3) is 0 Å². The highest BCUT2D eigenvalue weighted by Gasteiger charge is 2.57. The number of fused-ring (bicyclic) bond motifs is 1. The van der Waals surface area contributed by atoms with Gasteiger partial charge in [0.15, 0.2) is 0 Å². The van der Waals surface area contributed by atoms with Crippen molar-refractivity contribution in [3.63, 3.8) is 0 Å². The molecule has 0 radical (unpaired) electrons. The lowest BCUT2D eigenvalue weighted by Crippen LogP contribution is -2.56. The molecule has 0 bridgehead atoms. The molecule has 2 aliphatic rings. The van der Waals surface area contributed by atoms with Crippen LogP contribution in [0.1, 0.15) is 66.7 Å². The number of carbonyl (C=O) groups excluding carboxylic acids is 1. The van der Waals surface area contributed by atoms with Crippen molar-refractivity contribution in [2.24, 2.45) is 22.7 Å². The first kappa shape index (κ1) is 17.5. The first-order valence-electron chi connectivity index (χ1n) is 8.66. The second-order valence-electron chi connectivity index (χ2n) is 8.68. The Bertz CT molecular complexity index is 484. The Hall–Kier alpha value is -0.890. The van der Waals surface area contributed by atoms with E-state index in [1.807, 2.05) is 19.9 Å². The first-order valence-corrected chi connectivity index (χ1v) is 8.66. The molecule has 4 atom stereocenters. The van der Waals surface area contributed by atoms with E-state index in [1.165, 1.54) is 19.3 Å². The van der Waals surface area contributed by atoms with Gasteiger partial charge in [0.05, 0.1) is 5.60 Å². The highest BCUT2D eigenvalue weighted by molar-refractivity contribution is 5.66. The van der Waals surface area contributed by atoms with Gasteiger partial charge in [-0.3, -0.25) is 4.79 Å². The summed E-state index contributed by atoms with van der Waals surface area (Å²) in [4.78, 5) is 10.6. The van der Waals surface area contributed by atoms with E-state index in [-0.39, 0.29) is 11.3 Å². The average Bonchev–Trinajstić information content (AvgIpc) is 2.36. The number of hydrogen-bond acceptors (Lipinski definition) is 2. The van der Waals surface area contributed by atoms with E-state index in [1.54, 1.807) is 6.08 Å². The monoisotopic (exact) mass is 304 g/mol. The smallest absolute Gasteiger partial charge is 0.143 e. The van der Waals surface area contributed by atoms with Crippen LogP contribution in [0, 0.1) is 22.7 Å². The minimum absolute atomic E-state index is 0.140. The molecule has 2 fully saturated rings. The molecule has 0 aliphatic heterocycles. The predicted octanol–water partition coefficient (Wildman–Crippen LogP) is 4.68. The summed E-state index contributed by atoms with van der Waals surface area (Å²) >= 11 is 0. The number of hydrogen-bond donors (Lipinski definition) is 1. The fraction of sp³-hybridized carbons (Fsp3) is 0.750. The number of rotatable bonds is 3. The molecule has 0 aromatic carbocycles. The van der Waals surface area contributed by atoms with Gasteiger partial charge in [0.1, 0.15) is 6.29 Å². The van der Waals surface area contributed by atoms with Crippen molar-refractivity contribution < 1.29 is 9.90 Å². The van der Waals surface area contributed by atoms with Crippen molar-refractivity contribution in [2.75, 3.05) is 0 Å². The molecule has 1 N–H and O–H groups in total. The molecule has 2 saturated carbocycles. The fourth-order valence-corrected chi connectivity index (χ4v) is 5.40. The molecule has 0 aromatic rings. The second kappa shape index (κ2) is 5.96. The Labute approximate surface area is 135 Å². The quantitative estimate of drug-likeness (QED) is 0.467. The molecule has 0 amide bonds. The Morgan fingerprint density at radius 3 is 2.45 bits per heavy atom. The molecule has 2 aliphatic carbocycles. The minimum atomic E-state index is -0.656. The van der Waals surface area contributed by atoms with Gasteiger partial charge in [0.2, 0.25) is 0 Å². The van der Waals surface area contributed by atoms with Crippen LogP contribution in [0.3, 0.4) is 0 Å². The van der Waals surface area contributed by atoms with E-state index in [4.69, 9.17) is 0 Å². The van der Waals surface area contributed by atoms with E-state index in [2.05, 4.69) is 26.8 Å². The number of aldehydes is 1. The predicted molar refractivity (Wildman–Crippen MR) is 91.5 cm³/mol. The normalized spacial score (nSPS) is 42.2. The zero-order chi connectivity index (χ0) is 16.6. The van der Waals surface area contributed by atoms with Crippen molar-refractivity contribution in [3.8, 4) is 0 Å². The SMILES string of the molecule is CC(/C=C/[C@@H]1[C@@]2(C)CCCC(C)(C)[C@@H]2CC[C@@]1(C)O)=C\C=O. The van der Waals surface area contributed by atoms with E-state index in [0.29, 0.717) is 11.3 Å². The van der Waals surface area contributed by atoms with Crippen molar-refractivity contribution >= 4 is 6.29 Å². The summed E-state index contributed by atoms with van der Waals surface area (Å²) in [5.74, 6) is 0.798. The topological polar surface area (TPSA) is 37.3 Å². The summed E-state index contributed by atoms with van der Waals surface area (Å²) < 4.78 is 0. The van der Waals surface area contributed by atoms with Gasteiger partial charge in [0, 0.05) is 5.92 Å². The van der Waals surface area contributed by atoms with Crippen molar-refractivity contribution in [1.29, 1.82) is 0 Å². The zero-order valence-electron chi connectivity index (χ0n) is 14.9. The second-order valence-corrected chi connectivity index (χ2v) is 8.68. The van der Waals surface area contributed by atoms with E-state index >= 15 is 0 Å². The van der Waals surface area contributed by atoms with Gasteiger partial charge < -0.3 is 5.11 Å². The number of carbonyl (C=O) groups is 1. The molecule has 2 nitrogen and oxygen atoms in total. The molecule has 0 spiro atoms. The van der Waals surface area contributed by atoms with Crippen LogP contribution in [0.4, 0.5) is 0 Å². The van der Waals surface area contributed by atoms with Crippen LogP contribution in [-0.2, 0) is 4.79 Å². The van der Waals surface area contributed by atoms with Gasteiger partial charge in [-0.05, 0) is 67.9 Å². The van der Waals surface area contributed by atoms with E-state index in [0.717, 1.165) is 24.7 Å². The number of allylic oxidation sites excluding steroid dienone is 3. The van der Waals surface area contributed by atoms with Gasteiger partial charge >= 0.3 is 0 Å². The Morgan fingerprint density at radius 2 is 1.82 bits per heavy atom. The molecule has 2 rings (SSSR count). The first-order chi connectivity index (χ1) is 10.1. The van der Waals surface area contributed by atoms with Crippen molar-refractivity contribution in [3.05, 3.63) is 23.8 Å².